The van der Waals surface area contributed by atoms with Gasteiger partial charge in [-0.15, -0.1) is 0 Å². The van der Waals surface area contributed by atoms with Crippen LogP contribution in [0.3, 0.4) is 0 Å². The van der Waals surface area contributed by atoms with Gasteiger partial charge >= 0.3 is 0 Å². The molecule has 112 valence electrons. The van der Waals surface area contributed by atoms with Crippen LogP contribution in [0.4, 0.5) is 4.39 Å². The number of rotatable bonds is 4. The minimum atomic E-state index is -0.232. The number of benzene rings is 1. The molecular weight excluding hydrogens is 337 g/mol. The number of nitrogens with one attached hydrogen (secondary N) is 1. The van der Waals surface area contributed by atoms with Gasteiger partial charge in [0.2, 0.25) is 0 Å². The van der Waals surface area contributed by atoms with E-state index in [0.717, 1.165) is 35.4 Å². The molecule has 0 radical (unpaired) electrons. The van der Waals surface area contributed by atoms with Gasteiger partial charge in [-0.2, -0.15) is 0 Å². The Kier molecular flexibility index (Phi) is 4.37. The van der Waals surface area contributed by atoms with Gasteiger partial charge in [-0.05, 0) is 24.1 Å². The summed E-state index contributed by atoms with van der Waals surface area (Å²) in [5.74, 6) is 0.720. The number of nitrogens with zero attached hydrogens (tertiary/aromatic N) is 2. The maximum absolute atomic E-state index is 13.2. The van der Waals surface area contributed by atoms with Crippen LogP contribution in [0.25, 0.3) is 0 Å². The van der Waals surface area contributed by atoms with Gasteiger partial charge in [0.15, 0.2) is 0 Å². The molecular formula is C15H17BrFN3O. The number of likely N-dealkylation sites (tertiary alicyclic amines) is 1. The number of ether oxygens (including phenoxy) is 1. The molecule has 0 amide bonds. The molecule has 2 heterocycles. The molecule has 1 aromatic heterocycles. The highest BCUT2D eigenvalue weighted by Crippen LogP contribution is 2.33. The molecule has 1 aliphatic heterocycles. The van der Waals surface area contributed by atoms with Gasteiger partial charge in [0.05, 0.1) is 12.1 Å². The highest BCUT2D eigenvalue weighted by Gasteiger charge is 2.34. The maximum Gasteiger partial charge on any atom is 0.124 e. The molecule has 1 N–H and O–H groups in total. The molecule has 1 aliphatic rings. The molecule has 4 nitrogen and oxygen atoms in total. The zero-order valence-corrected chi connectivity index (χ0v) is 13.3. The summed E-state index contributed by atoms with van der Waals surface area (Å²) in [6.07, 6.45) is 4.70. The van der Waals surface area contributed by atoms with Gasteiger partial charge in [0.1, 0.15) is 11.6 Å². The molecule has 1 aromatic carbocycles. The third-order valence-corrected chi connectivity index (χ3v) is 4.66. The molecule has 1 fully saturated rings. The topological polar surface area (TPSA) is 41.1 Å². The smallest absolute Gasteiger partial charge is 0.124 e. The van der Waals surface area contributed by atoms with Gasteiger partial charge < -0.3 is 9.72 Å². The van der Waals surface area contributed by atoms with E-state index in [-0.39, 0.29) is 18.0 Å². The van der Waals surface area contributed by atoms with Crippen LogP contribution >= 0.6 is 15.9 Å². The summed E-state index contributed by atoms with van der Waals surface area (Å²) in [5, 5.41) is 0. The van der Waals surface area contributed by atoms with E-state index in [0.29, 0.717) is 0 Å². The summed E-state index contributed by atoms with van der Waals surface area (Å²) in [5.41, 5.74) is 1.06. The van der Waals surface area contributed by atoms with Gasteiger partial charge in [-0.3, -0.25) is 4.90 Å². The third kappa shape index (κ3) is 3.17. The van der Waals surface area contributed by atoms with Crippen LogP contribution in [0, 0.1) is 5.82 Å². The van der Waals surface area contributed by atoms with Crippen molar-refractivity contribution >= 4 is 15.9 Å². The van der Waals surface area contributed by atoms with Crippen LogP contribution in [-0.2, 0) is 11.3 Å². The Hall–Kier alpha value is -1.24. The van der Waals surface area contributed by atoms with Crippen molar-refractivity contribution in [3.05, 3.63) is 52.3 Å². The van der Waals surface area contributed by atoms with E-state index in [1.807, 2.05) is 12.3 Å². The lowest BCUT2D eigenvalue weighted by Gasteiger charge is -2.23. The molecule has 3 rings (SSSR count). The Labute approximate surface area is 131 Å². The second kappa shape index (κ2) is 6.25. The fourth-order valence-corrected chi connectivity index (χ4v) is 3.30. The van der Waals surface area contributed by atoms with Crippen molar-refractivity contribution < 1.29 is 9.13 Å². The predicted molar refractivity (Wildman–Crippen MR) is 81.3 cm³/mol. The number of imidazole rings is 1. The summed E-state index contributed by atoms with van der Waals surface area (Å²) in [6.45, 7) is 1.57. The van der Waals surface area contributed by atoms with Crippen LogP contribution in [0.5, 0.6) is 0 Å². The molecule has 0 spiro atoms. The van der Waals surface area contributed by atoms with Crippen LogP contribution in [0.2, 0.25) is 0 Å². The molecule has 1 saturated heterocycles. The lowest BCUT2D eigenvalue weighted by molar-refractivity contribution is 0.107. The normalized spacial score (nSPS) is 22.8. The molecule has 0 bridgehead atoms. The lowest BCUT2D eigenvalue weighted by atomic mass is 10.1. The van der Waals surface area contributed by atoms with E-state index in [9.17, 15) is 4.39 Å². The first-order chi connectivity index (χ1) is 10.2. The number of methoxy groups -OCH3 is 1. The Bertz CT molecular complexity index is 605. The molecule has 1 unspecified atom stereocenters. The fourth-order valence-electron chi connectivity index (χ4n) is 2.82. The number of aromatic nitrogens is 2. The van der Waals surface area contributed by atoms with Gasteiger partial charge in [-0.25, -0.2) is 9.37 Å². The Morgan fingerprint density at radius 3 is 3.05 bits per heavy atom. The van der Waals surface area contributed by atoms with Crippen molar-refractivity contribution in [2.24, 2.45) is 0 Å². The van der Waals surface area contributed by atoms with E-state index in [2.05, 4.69) is 30.8 Å². The minimum absolute atomic E-state index is 0.194. The standard InChI is InChI=1S/C15H17BrFN3O/c1-21-12-7-14(15-18-4-5-19-15)20(9-12)8-10-2-3-11(17)6-13(10)16/h2-6,12,14H,7-9H2,1H3,(H,18,19)/t12-,14?/m1/s1. The van der Waals surface area contributed by atoms with E-state index < -0.39 is 0 Å². The maximum atomic E-state index is 13.2. The van der Waals surface area contributed by atoms with Crippen molar-refractivity contribution in [1.82, 2.24) is 14.9 Å². The fraction of sp³-hybridized carbons (Fsp3) is 0.400. The van der Waals surface area contributed by atoms with Crippen molar-refractivity contribution in [2.45, 2.75) is 25.1 Å². The van der Waals surface area contributed by atoms with Gasteiger partial charge in [0.25, 0.3) is 0 Å². The highest BCUT2D eigenvalue weighted by molar-refractivity contribution is 9.10. The Morgan fingerprint density at radius 1 is 1.52 bits per heavy atom. The second-order valence-corrected chi connectivity index (χ2v) is 6.10. The lowest BCUT2D eigenvalue weighted by Crippen LogP contribution is -2.25. The number of hydrogen-bond acceptors (Lipinski definition) is 3. The summed E-state index contributed by atoms with van der Waals surface area (Å²) in [4.78, 5) is 9.86. The van der Waals surface area contributed by atoms with E-state index >= 15 is 0 Å². The first-order valence-corrected chi connectivity index (χ1v) is 7.66. The van der Waals surface area contributed by atoms with Crippen LogP contribution in [0.15, 0.2) is 35.1 Å². The largest absolute Gasteiger partial charge is 0.380 e. The highest BCUT2D eigenvalue weighted by atomic mass is 79.9. The van der Waals surface area contributed by atoms with Gasteiger partial charge in [0, 0.05) is 37.1 Å². The van der Waals surface area contributed by atoms with Crippen LogP contribution in [0.1, 0.15) is 23.9 Å². The average molecular weight is 354 g/mol. The van der Waals surface area contributed by atoms with Crippen molar-refractivity contribution in [1.29, 1.82) is 0 Å². The van der Waals surface area contributed by atoms with E-state index in [4.69, 9.17) is 4.74 Å². The number of H-pyrrole nitrogens is 1. The Morgan fingerprint density at radius 2 is 2.38 bits per heavy atom. The average Bonchev–Trinajstić information content (AvgIpc) is 3.10. The molecule has 0 aliphatic carbocycles. The third-order valence-electron chi connectivity index (χ3n) is 3.92. The van der Waals surface area contributed by atoms with E-state index in [1.165, 1.54) is 12.1 Å². The first-order valence-electron chi connectivity index (χ1n) is 6.87. The van der Waals surface area contributed by atoms with Crippen molar-refractivity contribution in [3.8, 4) is 0 Å². The van der Waals surface area contributed by atoms with Crippen LogP contribution < -0.4 is 0 Å². The minimum Gasteiger partial charge on any atom is -0.380 e. The monoisotopic (exact) mass is 353 g/mol. The quantitative estimate of drug-likeness (QED) is 0.916. The second-order valence-electron chi connectivity index (χ2n) is 5.25. The van der Waals surface area contributed by atoms with Crippen molar-refractivity contribution in [2.75, 3.05) is 13.7 Å². The number of halogens is 2. The molecule has 21 heavy (non-hydrogen) atoms. The first kappa shape index (κ1) is 14.7. The van der Waals surface area contributed by atoms with Crippen LogP contribution in [-0.4, -0.2) is 34.6 Å². The number of hydrogen-bond donors (Lipinski definition) is 1. The van der Waals surface area contributed by atoms with E-state index in [1.54, 1.807) is 13.3 Å². The summed E-state index contributed by atoms with van der Waals surface area (Å²) >= 11 is 3.43. The zero-order valence-electron chi connectivity index (χ0n) is 11.7. The van der Waals surface area contributed by atoms with Crippen molar-refractivity contribution in [3.63, 3.8) is 0 Å². The SMILES string of the molecule is CO[C@@H]1CC(c2ncc[nH]2)N(Cc2ccc(F)cc2Br)C1. The number of aromatic amines is 1. The predicted octanol–water partition coefficient (Wildman–Crippen LogP) is 3.27. The van der Waals surface area contributed by atoms with Gasteiger partial charge in [-0.1, -0.05) is 22.0 Å². The molecule has 2 atom stereocenters. The zero-order chi connectivity index (χ0) is 14.8. The summed E-state index contributed by atoms with van der Waals surface area (Å²) in [6, 6.07) is 5.01. The summed E-state index contributed by atoms with van der Waals surface area (Å²) in [7, 11) is 1.74. The molecule has 2 aromatic rings. The Balaban J connectivity index is 1.81. The molecule has 0 saturated carbocycles. The molecule has 6 heteroatoms. The summed E-state index contributed by atoms with van der Waals surface area (Å²) < 4.78 is 19.5.